The number of hydrogen-bond acceptors (Lipinski definition) is 2. The van der Waals surface area contributed by atoms with E-state index < -0.39 is 11.6 Å². The van der Waals surface area contributed by atoms with Gasteiger partial charge in [-0.05, 0) is 52.7 Å². The van der Waals surface area contributed by atoms with Gasteiger partial charge < -0.3 is 4.90 Å². The van der Waals surface area contributed by atoms with Crippen molar-refractivity contribution in [3.8, 4) is 0 Å². The molecule has 0 aliphatic heterocycles. The summed E-state index contributed by atoms with van der Waals surface area (Å²) < 4.78 is 26.7. The lowest BCUT2D eigenvalue weighted by atomic mass is 10.1. The van der Waals surface area contributed by atoms with E-state index in [4.69, 9.17) is 0 Å². The number of amides is 1. The van der Waals surface area contributed by atoms with Crippen molar-refractivity contribution >= 4 is 21.8 Å². The Kier molecular flexibility index (Phi) is 5.01. The van der Waals surface area contributed by atoms with E-state index in [9.17, 15) is 13.6 Å². The summed E-state index contributed by atoms with van der Waals surface area (Å²) in [6.07, 6.45) is 1.53. The molecule has 0 bridgehead atoms. The van der Waals surface area contributed by atoms with Crippen LogP contribution < -0.4 is 0 Å². The highest BCUT2D eigenvalue weighted by Gasteiger charge is 2.15. The van der Waals surface area contributed by atoms with Crippen LogP contribution in [0.5, 0.6) is 0 Å². The quantitative estimate of drug-likeness (QED) is 0.782. The maximum atomic E-state index is 13.2. The first-order valence-corrected chi connectivity index (χ1v) is 7.15. The second-order valence-corrected chi connectivity index (χ2v) is 5.25. The molecule has 0 spiro atoms. The summed E-state index contributed by atoms with van der Waals surface area (Å²) in [5, 5.41) is 0. The maximum absolute atomic E-state index is 13.2. The molecule has 0 radical (unpaired) electrons. The van der Waals surface area contributed by atoms with Gasteiger partial charge in [0.2, 0.25) is 0 Å². The fraction of sp³-hybridized carbons (Fsp3) is 0.200. The summed E-state index contributed by atoms with van der Waals surface area (Å²) >= 11 is 3.21. The van der Waals surface area contributed by atoms with E-state index >= 15 is 0 Å². The zero-order valence-electron chi connectivity index (χ0n) is 11.3. The van der Waals surface area contributed by atoms with E-state index in [1.165, 1.54) is 12.3 Å². The molecule has 1 heterocycles. The fourth-order valence-electron chi connectivity index (χ4n) is 1.90. The number of halogens is 3. The highest BCUT2D eigenvalue weighted by Crippen LogP contribution is 2.15. The van der Waals surface area contributed by atoms with Crippen LogP contribution in [-0.4, -0.2) is 22.3 Å². The summed E-state index contributed by atoms with van der Waals surface area (Å²) in [6.45, 7) is 2.50. The minimum Gasteiger partial charge on any atom is -0.335 e. The van der Waals surface area contributed by atoms with Crippen LogP contribution in [-0.2, 0) is 6.54 Å². The van der Waals surface area contributed by atoms with Gasteiger partial charge in [-0.3, -0.25) is 4.79 Å². The molecule has 0 aliphatic carbocycles. The molecule has 2 aromatic rings. The van der Waals surface area contributed by atoms with Crippen LogP contribution in [0.2, 0.25) is 0 Å². The summed E-state index contributed by atoms with van der Waals surface area (Å²) in [7, 11) is 0. The van der Waals surface area contributed by atoms with Crippen LogP contribution in [0.1, 0.15) is 22.8 Å². The predicted molar refractivity (Wildman–Crippen MR) is 78.7 cm³/mol. The smallest absolute Gasteiger partial charge is 0.254 e. The number of hydrogen-bond donors (Lipinski definition) is 0. The molecular weight excluding hydrogens is 342 g/mol. The molecule has 0 N–H and O–H groups in total. The topological polar surface area (TPSA) is 33.2 Å². The van der Waals surface area contributed by atoms with Crippen LogP contribution >= 0.6 is 15.9 Å². The maximum Gasteiger partial charge on any atom is 0.254 e. The Morgan fingerprint density at radius 1 is 1.24 bits per heavy atom. The van der Waals surface area contributed by atoms with Crippen molar-refractivity contribution in [2.75, 3.05) is 6.54 Å². The van der Waals surface area contributed by atoms with Gasteiger partial charge in [0, 0.05) is 24.8 Å². The van der Waals surface area contributed by atoms with Crippen molar-refractivity contribution in [2.24, 2.45) is 0 Å². The van der Waals surface area contributed by atoms with Crippen LogP contribution in [0.3, 0.4) is 0 Å². The molecule has 0 saturated carbocycles. The fourth-order valence-corrected chi connectivity index (χ4v) is 2.27. The van der Waals surface area contributed by atoms with Gasteiger partial charge in [-0.1, -0.05) is 6.07 Å². The Morgan fingerprint density at radius 3 is 2.62 bits per heavy atom. The molecule has 3 nitrogen and oxygen atoms in total. The van der Waals surface area contributed by atoms with Crippen LogP contribution in [0.4, 0.5) is 8.78 Å². The third kappa shape index (κ3) is 3.85. The molecule has 21 heavy (non-hydrogen) atoms. The van der Waals surface area contributed by atoms with E-state index in [0.29, 0.717) is 22.3 Å². The first-order valence-electron chi connectivity index (χ1n) is 6.36. The van der Waals surface area contributed by atoms with Crippen molar-refractivity contribution in [1.82, 2.24) is 9.88 Å². The monoisotopic (exact) mass is 354 g/mol. The molecule has 1 aromatic carbocycles. The molecule has 110 valence electrons. The molecule has 1 aromatic heterocycles. The Bertz CT molecular complexity index is 664. The van der Waals surface area contributed by atoms with Gasteiger partial charge in [0.05, 0.1) is 0 Å². The minimum atomic E-state index is -0.914. The molecule has 2 rings (SSSR count). The number of aromatic nitrogens is 1. The number of carbonyl (C=O) groups excluding carboxylic acids is 1. The van der Waals surface area contributed by atoms with Gasteiger partial charge in [-0.2, -0.15) is 0 Å². The minimum absolute atomic E-state index is 0.190. The predicted octanol–water partition coefficient (Wildman–Crippen LogP) is 3.78. The lowest BCUT2D eigenvalue weighted by Gasteiger charge is -2.21. The third-order valence-corrected chi connectivity index (χ3v) is 3.43. The normalized spacial score (nSPS) is 10.5. The number of nitrogens with zero attached hydrogens (tertiary/aromatic N) is 2. The largest absolute Gasteiger partial charge is 0.335 e. The Morgan fingerprint density at radius 2 is 2.00 bits per heavy atom. The van der Waals surface area contributed by atoms with Gasteiger partial charge in [0.25, 0.3) is 5.91 Å². The van der Waals surface area contributed by atoms with E-state index in [0.717, 1.165) is 12.1 Å². The molecule has 1 amide bonds. The highest BCUT2D eigenvalue weighted by molar-refractivity contribution is 9.10. The van der Waals surface area contributed by atoms with Gasteiger partial charge in [0.1, 0.15) is 4.60 Å². The standard InChI is InChI=1S/C15H13BrF2N2O/c1-2-20(9-10-3-4-12(17)13(18)7-10)15(21)11-5-6-19-14(16)8-11/h3-8H,2,9H2,1H3. The van der Waals surface area contributed by atoms with E-state index in [1.54, 1.807) is 17.0 Å². The summed E-state index contributed by atoms with van der Waals surface area (Å²) in [4.78, 5) is 17.9. The van der Waals surface area contributed by atoms with Gasteiger partial charge in [-0.25, -0.2) is 13.8 Å². The summed E-state index contributed by atoms with van der Waals surface area (Å²) in [6, 6.07) is 6.87. The van der Waals surface area contributed by atoms with E-state index in [2.05, 4.69) is 20.9 Å². The van der Waals surface area contributed by atoms with Crippen molar-refractivity contribution in [3.05, 3.63) is 63.9 Å². The van der Waals surface area contributed by atoms with Crippen molar-refractivity contribution in [3.63, 3.8) is 0 Å². The first kappa shape index (κ1) is 15.6. The second kappa shape index (κ2) is 6.76. The Hall–Kier alpha value is -1.82. The van der Waals surface area contributed by atoms with Gasteiger partial charge in [0.15, 0.2) is 11.6 Å². The van der Waals surface area contributed by atoms with Crippen molar-refractivity contribution < 1.29 is 13.6 Å². The summed E-state index contributed by atoms with van der Waals surface area (Å²) in [5.41, 5.74) is 1.03. The first-order chi connectivity index (χ1) is 10.0. The van der Waals surface area contributed by atoms with Crippen molar-refractivity contribution in [2.45, 2.75) is 13.5 Å². The summed E-state index contributed by atoms with van der Waals surface area (Å²) in [5.74, 6) is -2.00. The average molecular weight is 355 g/mol. The number of pyridine rings is 1. The molecule has 0 saturated heterocycles. The SMILES string of the molecule is CCN(Cc1ccc(F)c(F)c1)C(=O)c1ccnc(Br)c1. The molecule has 6 heteroatoms. The zero-order chi connectivity index (χ0) is 15.4. The average Bonchev–Trinajstić information content (AvgIpc) is 2.47. The molecule has 0 unspecified atom stereocenters. The molecule has 0 atom stereocenters. The van der Waals surface area contributed by atoms with Crippen LogP contribution in [0, 0.1) is 11.6 Å². The van der Waals surface area contributed by atoms with Crippen LogP contribution in [0.15, 0.2) is 41.1 Å². The zero-order valence-corrected chi connectivity index (χ0v) is 12.9. The highest BCUT2D eigenvalue weighted by atomic mass is 79.9. The Balaban J connectivity index is 2.19. The third-order valence-electron chi connectivity index (χ3n) is 3.00. The lowest BCUT2D eigenvalue weighted by molar-refractivity contribution is 0.0752. The van der Waals surface area contributed by atoms with E-state index in [-0.39, 0.29) is 12.5 Å². The molecular formula is C15H13BrF2N2O. The number of rotatable bonds is 4. The lowest BCUT2D eigenvalue weighted by Crippen LogP contribution is -2.30. The Labute approximate surface area is 129 Å². The number of benzene rings is 1. The van der Waals surface area contributed by atoms with Gasteiger partial charge in [-0.15, -0.1) is 0 Å². The van der Waals surface area contributed by atoms with Crippen LogP contribution in [0.25, 0.3) is 0 Å². The van der Waals surface area contributed by atoms with Crippen molar-refractivity contribution in [1.29, 1.82) is 0 Å². The van der Waals surface area contributed by atoms with Gasteiger partial charge >= 0.3 is 0 Å². The molecule has 0 fully saturated rings. The number of carbonyl (C=O) groups is 1. The van der Waals surface area contributed by atoms with E-state index in [1.807, 2.05) is 6.92 Å². The second-order valence-electron chi connectivity index (χ2n) is 4.44. The molecule has 0 aliphatic rings.